The minimum atomic E-state index is -0.664. The van der Waals surface area contributed by atoms with Gasteiger partial charge in [0, 0.05) is 6.42 Å². The Morgan fingerprint density at radius 1 is 1.40 bits per heavy atom. The second-order valence-corrected chi connectivity index (χ2v) is 4.05. The van der Waals surface area contributed by atoms with Crippen molar-refractivity contribution >= 4 is 0 Å². The van der Waals surface area contributed by atoms with Gasteiger partial charge in [0.25, 0.3) is 0 Å². The molecule has 0 bridgehead atoms. The SMILES string of the molecule is CN(C)C(C)(C#N)Cc1ccccc1F. The van der Waals surface area contributed by atoms with Gasteiger partial charge in [-0.05, 0) is 32.6 Å². The molecule has 0 amide bonds. The Labute approximate surface area is 89.9 Å². The lowest BCUT2D eigenvalue weighted by molar-refractivity contribution is 0.235. The third-order valence-electron chi connectivity index (χ3n) is 2.72. The van der Waals surface area contributed by atoms with Crippen LogP contribution in [0.2, 0.25) is 0 Å². The van der Waals surface area contributed by atoms with Crippen LogP contribution in [0.1, 0.15) is 12.5 Å². The molecule has 3 heteroatoms. The molecule has 1 rings (SSSR count). The van der Waals surface area contributed by atoms with E-state index in [2.05, 4.69) is 6.07 Å². The fraction of sp³-hybridized carbons (Fsp3) is 0.417. The van der Waals surface area contributed by atoms with Crippen LogP contribution < -0.4 is 0 Å². The molecule has 0 heterocycles. The van der Waals surface area contributed by atoms with E-state index >= 15 is 0 Å². The van der Waals surface area contributed by atoms with E-state index in [1.807, 2.05) is 14.1 Å². The van der Waals surface area contributed by atoms with E-state index in [-0.39, 0.29) is 5.82 Å². The Bertz CT molecular complexity index is 381. The summed E-state index contributed by atoms with van der Waals surface area (Å²) in [6.45, 7) is 1.80. The number of nitrogens with zero attached hydrogens (tertiary/aromatic N) is 2. The van der Waals surface area contributed by atoms with Crippen LogP contribution in [0.15, 0.2) is 24.3 Å². The molecule has 0 aliphatic heterocycles. The molecule has 0 spiro atoms. The molecule has 0 radical (unpaired) electrons. The maximum absolute atomic E-state index is 13.4. The third-order valence-corrected chi connectivity index (χ3v) is 2.72. The molecular formula is C12H15FN2. The molecular weight excluding hydrogens is 191 g/mol. The standard InChI is InChI=1S/C12H15FN2/c1-12(9-14,15(2)3)8-10-6-4-5-7-11(10)13/h4-7H,8H2,1-3H3. The van der Waals surface area contributed by atoms with Crippen molar-refractivity contribution in [2.24, 2.45) is 0 Å². The molecule has 0 saturated carbocycles. The zero-order valence-corrected chi connectivity index (χ0v) is 9.29. The molecule has 0 aromatic heterocycles. The molecule has 0 fully saturated rings. The largest absolute Gasteiger partial charge is 0.292 e. The summed E-state index contributed by atoms with van der Waals surface area (Å²) in [4.78, 5) is 1.80. The number of hydrogen-bond acceptors (Lipinski definition) is 2. The van der Waals surface area contributed by atoms with Gasteiger partial charge in [-0.1, -0.05) is 18.2 Å². The van der Waals surface area contributed by atoms with Gasteiger partial charge in [0.2, 0.25) is 0 Å². The first-order valence-electron chi connectivity index (χ1n) is 4.82. The fourth-order valence-corrected chi connectivity index (χ4v) is 1.31. The Morgan fingerprint density at radius 2 is 2.00 bits per heavy atom. The van der Waals surface area contributed by atoms with Crippen LogP contribution in [0.3, 0.4) is 0 Å². The van der Waals surface area contributed by atoms with Crippen LogP contribution in [0.5, 0.6) is 0 Å². The second-order valence-electron chi connectivity index (χ2n) is 4.05. The van der Waals surface area contributed by atoms with Crippen molar-refractivity contribution in [3.63, 3.8) is 0 Å². The van der Waals surface area contributed by atoms with E-state index in [1.165, 1.54) is 6.07 Å². The summed E-state index contributed by atoms with van der Waals surface area (Å²) < 4.78 is 13.4. The molecule has 1 atom stereocenters. The Balaban J connectivity index is 2.96. The molecule has 0 aliphatic rings. The molecule has 15 heavy (non-hydrogen) atoms. The number of rotatable bonds is 3. The molecule has 0 aliphatic carbocycles. The Hall–Kier alpha value is -1.40. The zero-order valence-electron chi connectivity index (χ0n) is 9.29. The Morgan fingerprint density at radius 3 is 2.47 bits per heavy atom. The number of benzene rings is 1. The topological polar surface area (TPSA) is 27.0 Å². The lowest BCUT2D eigenvalue weighted by Crippen LogP contribution is -2.42. The maximum Gasteiger partial charge on any atom is 0.126 e. The van der Waals surface area contributed by atoms with Crippen molar-refractivity contribution in [2.75, 3.05) is 14.1 Å². The molecule has 2 nitrogen and oxygen atoms in total. The van der Waals surface area contributed by atoms with Crippen molar-refractivity contribution in [1.82, 2.24) is 4.90 Å². The molecule has 0 saturated heterocycles. The lowest BCUT2D eigenvalue weighted by Gasteiger charge is -2.29. The van der Waals surface area contributed by atoms with Gasteiger partial charge in [0.15, 0.2) is 0 Å². The monoisotopic (exact) mass is 206 g/mol. The van der Waals surface area contributed by atoms with Crippen molar-refractivity contribution < 1.29 is 4.39 Å². The van der Waals surface area contributed by atoms with Crippen LogP contribution in [0.25, 0.3) is 0 Å². The summed E-state index contributed by atoms with van der Waals surface area (Å²) in [7, 11) is 3.65. The highest BCUT2D eigenvalue weighted by molar-refractivity contribution is 5.23. The predicted molar refractivity (Wildman–Crippen MR) is 57.8 cm³/mol. The highest BCUT2D eigenvalue weighted by Gasteiger charge is 2.27. The van der Waals surface area contributed by atoms with Gasteiger partial charge in [-0.3, -0.25) is 4.90 Å². The van der Waals surface area contributed by atoms with Crippen LogP contribution in [-0.2, 0) is 6.42 Å². The average molecular weight is 206 g/mol. The number of halogens is 1. The first-order chi connectivity index (χ1) is 6.99. The second kappa shape index (κ2) is 4.41. The van der Waals surface area contributed by atoms with Crippen molar-refractivity contribution in [3.05, 3.63) is 35.6 Å². The van der Waals surface area contributed by atoms with Gasteiger partial charge in [-0.25, -0.2) is 4.39 Å². The van der Waals surface area contributed by atoms with Crippen molar-refractivity contribution in [2.45, 2.75) is 18.9 Å². The molecule has 80 valence electrons. The molecule has 1 aromatic carbocycles. The van der Waals surface area contributed by atoms with Crippen molar-refractivity contribution in [3.8, 4) is 6.07 Å². The van der Waals surface area contributed by atoms with Crippen molar-refractivity contribution in [1.29, 1.82) is 5.26 Å². The van der Waals surface area contributed by atoms with Crippen LogP contribution in [0, 0.1) is 17.1 Å². The van der Waals surface area contributed by atoms with Gasteiger partial charge in [-0.2, -0.15) is 5.26 Å². The van der Waals surface area contributed by atoms with E-state index in [9.17, 15) is 4.39 Å². The number of likely N-dealkylation sites (N-methyl/N-ethyl adjacent to an activating group) is 1. The minimum Gasteiger partial charge on any atom is -0.292 e. The van der Waals surface area contributed by atoms with E-state index in [0.717, 1.165) is 0 Å². The summed E-state index contributed by atoms with van der Waals surface area (Å²) in [6.07, 6.45) is 0.392. The summed E-state index contributed by atoms with van der Waals surface area (Å²) in [6, 6.07) is 8.78. The average Bonchev–Trinajstić information content (AvgIpc) is 2.21. The minimum absolute atomic E-state index is 0.249. The van der Waals surface area contributed by atoms with Crippen LogP contribution >= 0.6 is 0 Å². The van der Waals surface area contributed by atoms with Gasteiger partial charge in [0.05, 0.1) is 6.07 Å². The molecule has 1 unspecified atom stereocenters. The van der Waals surface area contributed by atoms with E-state index in [0.29, 0.717) is 12.0 Å². The summed E-state index contributed by atoms with van der Waals surface area (Å²) >= 11 is 0. The van der Waals surface area contributed by atoms with Crippen LogP contribution in [-0.4, -0.2) is 24.5 Å². The normalized spacial score (nSPS) is 14.7. The smallest absolute Gasteiger partial charge is 0.126 e. The van der Waals surface area contributed by atoms with E-state index < -0.39 is 5.54 Å². The fourth-order valence-electron chi connectivity index (χ4n) is 1.31. The van der Waals surface area contributed by atoms with Gasteiger partial charge in [-0.15, -0.1) is 0 Å². The van der Waals surface area contributed by atoms with Crippen LogP contribution in [0.4, 0.5) is 4.39 Å². The lowest BCUT2D eigenvalue weighted by atomic mass is 9.93. The van der Waals surface area contributed by atoms with Gasteiger partial charge >= 0.3 is 0 Å². The van der Waals surface area contributed by atoms with Gasteiger partial charge in [0.1, 0.15) is 11.4 Å². The van der Waals surface area contributed by atoms with Gasteiger partial charge < -0.3 is 0 Å². The first kappa shape index (κ1) is 11.7. The summed E-state index contributed by atoms with van der Waals surface area (Å²) in [5.74, 6) is -0.249. The molecule has 0 N–H and O–H groups in total. The third kappa shape index (κ3) is 2.54. The van der Waals surface area contributed by atoms with E-state index in [4.69, 9.17) is 5.26 Å². The first-order valence-corrected chi connectivity index (χ1v) is 4.82. The quantitative estimate of drug-likeness (QED) is 0.758. The maximum atomic E-state index is 13.4. The zero-order chi connectivity index (χ0) is 11.5. The highest BCUT2D eigenvalue weighted by atomic mass is 19.1. The number of nitriles is 1. The predicted octanol–water partition coefficient (Wildman–Crippen LogP) is 2.21. The Kier molecular flexibility index (Phi) is 3.43. The number of hydrogen-bond donors (Lipinski definition) is 0. The summed E-state index contributed by atoms with van der Waals surface area (Å²) in [5, 5.41) is 9.09. The van der Waals surface area contributed by atoms with E-state index in [1.54, 1.807) is 30.0 Å². The summed E-state index contributed by atoms with van der Waals surface area (Å²) in [5.41, 5.74) is -0.0856. The highest BCUT2D eigenvalue weighted by Crippen LogP contribution is 2.19. The molecule has 1 aromatic rings.